The SMILES string of the molecule is O=C(COC(=O)Cc1ccccc1F)Nc1ccccc1C(=O)NC1CCCC1. The van der Waals surface area contributed by atoms with Gasteiger partial charge in [-0.15, -0.1) is 0 Å². The number of nitrogens with one attached hydrogen (secondary N) is 2. The lowest BCUT2D eigenvalue weighted by Gasteiger charge is -2.15. The lowest BCUT2D eigenvalue weighted by molar-refractivity contribution is -0.146. The largest absolute Gasteiger partial charge is 0.455 e. The fraction of sp³-hybridized carbons (Fsp3) is 0.318. The third-order valence-corrected chi connectivity index (χ3v) is 4.79. The maximum absolute atomic E-state index is 13.6. The second kappa shape index (κ2) is 9.82. The van der Waals surface area contributed by atoms with Crippen LogP contribution in [0.4, 0.5) is 10.1 Å². The van der Waals surface area contributed by atoms with E-state index in [2.05, 4.69) is 10.6 Å². The normalized spacial score (nSPS) is 13.7. The maximum atomic E-state index is 13.6. The molecule has 0 bridgehead atoms. The Bertz CT molecular complexity index is 894. The van der Waals surface area contributed by atoms with Crippen LogP contribution in [-0.2, 0) is 20.7 Å². The second-order valence-corrected chi connectivity index (χ2v) is 6.98. The monoisotopic (exact) mass is 398 g/mol. The molecule has 0 spiro atoms. The van der Waals surface area contributed by atoms with Crippen molar-refractivity contribution >= 4 is 23.5 Å². The zero-order valence-corrected chi connectivity index (χ0v) is 15.9. The van der Waals surface area contributed by atoms with Gasteiger partial charge in [0.05, 0.1) is 17.7 Å². The molecule has 6 nitrogen and oxygen atoms in total. The van der Waals surface area contributed by atoms with Gasteiger partial charge in [0.1, 0.15) is 5.82 Å². The van der Waals surface area contributed by atoms with Gasteiger partial charge in [0, 0.05) is 6.04 Å². The van der Waals surface area contributed by atoms with Crippen molar-refractivity contribution in [2.45, 2.75) is 38.1 Å². The van der Waals surface area contributed by atoms with E-state index in [1.165, 1.54) is 18.2 Å². The van der Waals surface area contributed by atoms with Gasteiger partial charge in [0.25, 0.3) is 11.8 Å². The number of benzene rings is 2. The highest BCUT2D eigenvalue weighted by molar-refractivity contribution is 6.04. The summed E-state index contributed by atoms with van der Waals surface area (Å²) >= 11 is 0. The molecule has 0 heterocycles. The standard InChI is InChI=1S/C22H23FN2O4/c23-18-11-5-1-7-15(18)13-21(27)29-14-20(26)25-19-12-6-4-10-17(19)22(28)24-16-8-2-3-9-16/h1,4-7,10-12,16H,2-3,8-9,13-14H2,(H,24,28)(H,25,26). The van der Waals surface area contributed by atoms with Crippen molar-refractivity contribution in [2.75, 3.05) is 11.9 Å². The van der Waals surface area contributed by atoms with Crippen LogP contribution in [0.2, 0.25) is 0 Å². The first-order valence-electron chi connectivity index (χ1n) is 9.61. The fourth-order valence-electron chi connectivity index (χ4n) is 3.30. The summed E-state index contributed by atoms with van der Waals surface area (Å²) in [6, 6.07) is 12.7. The number of halogens is 1. The van der Waals surface area contributed by atoms with Crippen LogP contribution in [0.1, 0.15) is 41.6 Å². The third kappa shape index (κ3) is 5.88. The highest BCUT2D eigenvalue weighted by Crippen LogP contribution is 2.20. The number of hydrogen-bond acceptors (Lipinski definition) is 4. The Kier molecular flexibility index (Phi) is 6.94. The molecule has 0 radical (unpaired) electrons. The van der Waals surface area contributed by atoms with E-state index in [0.29, 0.717) is 11.3 Å². The quantitative estimate of drug-likeness (QED) is 0.702. The predicted octanol–water partition coefficient (Wildman–Crippen LogP) is 3.22. The van der Waals surface area contributed by atoms with Gasteiger partial charge >= 0.3 is 5.97 Å². The highest BCUT2D eigenvalue weighted by Gasteiger charge is 2.20. The zero-order valence-electron chi connectivity index (χ0n) is 15.9. The molecule has 7 heteroatoms. The molecule has 2 amide bonds. The van der Waals surface area contributed by atoms with E-state index in [1.807, 2.05) is 0 Å². The molecule has 29 heavy (non-hydrogen) atoms. The molecule has 2 aromatic rings. The molecule has 2 aromatic carbocycles. The number of para-hydroxylation sites is 1. The van der Waals surface area contributed by atoms with E-state index in [0.717, 1.165) is 25.7 Å². The number of carbonyl (C=O) groups excluding carboxylic acids is 3. The van der Waals surface area contributed by atoms with E-state index >= 15 is 0 Å². The second-order valence-electron chi connectivity index (χ2n) is 6.98. The minimum absolute atomic E-state index is 0.158. The molecule has 0 aromatic heterocycles. The van der Waals surface area contributed by atoms with Crippen molar-refractivity contribution in [3.8, 4) is 0 Å². The Hall–Kier alpha value is -3.22. The molecule has 0 saturated heterocycles. The van der Waals surface area contributed by atoms with Gasteiger partial charge in [-0.2, -0.15) is 0 Å². The summed E-state index contributed by atoms with van der Waals surface area (Å²) in [4.78, 5) is 36.5. The number of esters is 1. The van der Waals surface area contributed by atoms with Crippen LogP contribution in [0.15, 0.2) is 48.5 Å². The van der Waals surface area contributed by atoms with Crippen LogP contribution >= 0.6 is 0 Å². The number of rotatable bonds is 7. The Balaban J connectivity index is 1.53. The van der Waals surface area contributed by atoms with Gasteiger partial charge in [0.15, 0.2) is 6.61 Å². The molecule has 152 valence electrons. The Morgan fingerprint density at radius 3 is 2.45 bits per heavy atom. The van der Waals surface area contributed by atoms with Crippen molar-refractivity contribution in [2.24, 2.45) is 0 Å². The first-order valence-corrected chi connectivity index (χ1v) is 9.61. The summed E-state index contributed by atoms with van der Waals surface area (Å²) in [5.74, 6) is -2.04. The minimum Gasteiger partial charge on any atom is -0.455 e. The smallest absolute Gasteiger partial charge is 0.310 e. The molecule has 1 saturated carbocycles. The Labute approximate surface area is 168 Å². The first kappa shape index (κ1) is 20.5. The maximum Gasteiger partial charge on any atom is 0.310 e. The molecular formula is C22H23FN2O4. The molecule has 0 aliphatic heterocycles. The van der Waals surface area contributed by atoms with Crippen LogP contribution in [0.5, 0.6) is 0 Å². The summed E-state index contributed by atoms with van der Waals surface area (Å²) in [7, 11) is 0. The summed E-state index contributed by atoms with van der Waals surface area (Å²) in [6.45, 7) is -0.522. The van der Waals surface area contributed by atoms with Crippen LogP contribution < -0.4 is 10.6 Å². The summed E-state index contributed by atoms with van der Waals surface area (Å²) < 4.78 is 18.5. The molecule has 0 unspecified atom stereocenters. The van der Waals surface area contributed by atoms with Crippen LogP contribution in [0.3, 0.4) is 0 Å². The van der Waals surface area contributed by atoms with Gasteiger partial charge in [-0.3, -0.25) is 14.4 Å². The number of hydrogen-bond donors (Lipinski definition) is 2. The average molecular weight is 398 g/mol. The van der Waals surface area contributed by atoms with Gasteiger partial charge in [-0.1, -0.05) is 43.2 Å². The van der Waals surface area contributed by atoms with E-state index in [1.54, 1.807) is 30.3 Å². The van der Waals surface area contributed by atoms with Gasteiger partial charge in [-0.25, -0.2) is 4.39 Å². The summed E-state index contributed by atoms with van der Waals surface area (Å²) in [5, 5.41) is 5.58. The van der Waals surface area contributed by atoms with Crippen LogP contribution in [0, 0.1) is 5.82 Å². The van der Waals surface area contributed by atoms with Crippen molar-refractivity contribution in [3.05, 3.63) is 65.5 Å². The number of amides is 2. The average Bonchev–Trinajstić information content (AvgIpc) is 3.21. The van der Waals surface area contributed by atoms with Crippen LogP contribution in [0.25, 0.3) is 0 Å². The molecule has 1 aliphatic rings. The summed E-state index contributed by atoms with van der Waals surface area (Å²) in [5.41, 5.74) is 0.899. The van der Waals surface area contributed by atoms with Crippen molar-refractivity contribution in [1.29, 1.82) is 0 Å². The summed E-state index contributed by atoms with van der Waals surface area (Å²) in [6.07, 6.45) is 3.85. The van der Waals surface area contributed by atoms with Crippen molar-refractivity contribution in [3.63, 3.8) is 0 Å². The van der Waals surface area contributed by atoms with Gasteiger partial charge in [-0.05, 0) is 36.6 Å². The molecular weight excluding hydrogens is 375 g/mol. The lowest BCUT2D eigenvalue weighted by Crippen LogP contribution is -2.33. The topological polar surface area (TPSA) is 84.5 Å². The predicted molar refractivity (Wildman–Crippen MR) is 106 cm³/mol. The van der Waals surface area contributed by atoms with E-state index < -0.39 is 24.3 Å². The van der Waals surface area contributed by atoms with E-state index in [9.17, 15) is 18.8 Å². The third-order valence-electron chi connectivity index (χ3n) is 4.79. The number of anilines is 1. The zero-order chi connectivity index (χ0) is 20.6. The van der Waals surface area contributed by atoms with Crippen molar-refractivity contribution < 1.29 is 23.5 Å². The molecule has 0 atom stereocenters. The van der Waals surface area contributed by atoms with Crippen molar-refractivity contribution in [1.82, 2.24) is 5.32 Å². The minimum atomic E-state index is -0.711. The van der Waals surface area contributed by atoms with Gasteiger partial charge < -0.3 is 15.4 Å². The lowest BCUT2D eigenvalue weighted by atomic mass is 10.1. The highest BCUT2D eigenvalue weighted by atomic mass is 19.1. The molecule has 1 fully saturated rings. The fourth-order valence-corrected chi connectivity index (χ4v) is 3.30. The Morgan fingerprint density at radius 1 is 1.00 bits per heavy atom. The number of carbonyl (C=O) groups is 3. The first-order chi connectivity index (χ1) is 14.0. The van der Waals surface area contributed by atoms with E-state index in [4.69, 9.17) is 4.74 Å². The number of ether oxygens (including phenoxy) is 1. The van der Waals surface area contributed by atoms with E-state index in [-0.39, 0.29) is 23.9 Å². The van der Waals surface area contributed by atoms with Gasteiger partial charge in [0.2, 0.25) is 0 Å². The Morgan fingerprint density at radius 2 is 1.69 bits per heavy atom. The molecule has 3 rings (SSSR count). The van der Waals surface area contributed by atoms with Crippen LogP contribution in [-0.4, -0.2) is 30.4 Å². The molecule has 2 N–H and O–H groups in total. The molecule has 1 aliphatic carbocycles.